The first-order valence-corrected chi connectivity index (χ1v) is 11.8. The fourth-order valence-electron chi connectivity index (χ4n) is 3.30. The molecule has 0 radical (unpaired) electrons. The fourth-order valence-corrected chi connectivity index (χ4v) is 4.68. The number of thiophene rings is 1. The summed E-state index contributed by atoms with van der Waals surface area (Å²) in [5, 5.41) is 13.5. The largest absolute Gasteiger partial charge is 0.485 e. The summed E-state index contributed by atoms with van der Waals surface area (Å²) in [6.07, 6.45) is -0.484. The second-order valence-corrected chi connectivity index (χ2v) is 8.89. The van der Waals surface area contributed by atoms with E-state index in [4.69, 9.17) is 13.9 Å². The Morgan fingerprint density at radius 1 is 1.06 bits per heavy atom. The third-order valence-corrected chi connectivity index (χ3v) is 6.55. The molecule has 1 aliphatic rings. The van der Waals surface area contributed by atoms with E-state index in [-0.39, 0.29) is 24.3 Å². The quantitative estimate of drug-likeness (QED) is 0.398. The average Bonchev–Trinajstić information content (AvgIpc) is 3.54. The van der Waals surface area contributed by atoms with Crippen LogP contribution in [-0.2, 0) is 4.79 Å². The molecule has 2 aromatic carbocycles. The monoisotopic (exact) mass is 465 g/mol. The summed E-state index contributed by atoms with van der Waals surface area (Å²) in [7, 11) is 0. The van der Waals surface area contributed by atoms with Crippen LogP contribution >= 0.6 is 23.1 Å². The number of amides is 1. The van der Waals surface area contributed by atoms with Crippen LogP contribution in [-0.4, -0.2) is 28.5 Å². The molecule has 0 bridgehead atoms. The summed E-state index contributed by atoms with van der Waals surface area (Å²) >= 11 is 2.80. The number of para-hydroxylation sites is 2. The summed E-state index contributed by atoms with van der Waals surface area (Å²) in [6, 6.07) is 21.1. The van der Waals surface area contributed by atoms with Gasteiger partial charge in [0.2, 0.25) is 12.0 Å². The lowest BCUT2D eigenvalue weighted by atomic mass is 10.1. The first-order valence-electron chi connectivity index (χ1n) is 9.98. The number of nitrogens with zero attached hydrogens (tertiary/aromatic N) is 2. The van der Waals surface area contributed by atoms with E-state index in [9.17, 15) is 4.79 Å². The van der Waals surface area contributed by atoms with Crippen LogP contribution in [0.15, 0.2) is 81.8 Å². The van der Waals surface area contributed by atoms with Crippen molar-refractivity contribution in [1.82, 2.24) is 15.5 Å². The van der Waals surface area contributed by atoms with Gasteiger partial charge in [0, 0.05) is 4.88 Å². The minimum absolute atomic E-state index is 0.122. The number of carbonyl (C=O) groups is 1. The number of aromatic nitrogens is 2. The van der Waals surface area contributed by atoms with Gasteiger partial charge in [-0.2, -0.15) is 0 Å². The maximum Gasteiger partial charge on any atom is 0.277 e. The Hall–Kier alpha value is -3.30. The molecule has 0 saturated heterocycles. The van der Waals surface area contributed by atoms with Gasteiger partial charge < -0.3 is 19.2 Å². The molecule has 0 spiro atoms. The second-order valence-electron chi connectivity index (χ2n) is 6.99. The molecule has 1 N–H and O–H groups in total. The Labute approximate surface area is 192 Å². The maximum atomic E-state index is 12.7. The number of carbonyl (C=O) groups excluding carboxylic acids is 1. The van der Waals surface area contributed by atoms with Crippen LogP contribution in [0.2, 0.25) is 0 Å². The highest BCUT2D eigenvalue weighted by molar-refractivity contribution is 7.99. The molecule has 2 aromatic heterocycles. The summed E-state index contributed by atoms with van der Waals surface area (Å²) in [5.74, 6) is 1.68. The molecule has 5 rings (SSSR count). The van der Waals surface area contributed by atoms with Gasteiger partial charge in [0.25, 0.3) is 11.1 Å². The van der Waals surface area contributed by atoms with Gasteiger partial charge in [-0.05, 0) is 29.1 Å². The number of benzene rings is 2. The first kappa shape index (κ1) is 20.6. The second kappa shape index (κ2) is 9.46. The van der Waals surface area contributed by atoms with Gasteiger partial charge in [-0.25, -0.2) is 0 Å². The van der Waals surface area contributed by atoms with Crippen molar-refractivity contribution in [3.8, 4) is 11.5 Å². The Bertz CT molecular complexity index is 1180. The third-order valence-electron chi connectivity index (χ3n) is 4.80. The van der Waals surface area contributed by atoms with Crippen LogP contribution in [0.5, 0.6) is 11.5 Å². The van der Waals surface area contributed by atoms with Crippen LogP contribution in [0.25, 0.3) is 0 Å². The molecule has 7 nitrogen and oxygen atoms in total. The smallest absolute Gasteiger partial charge is 0.277 e. The summed E-state index contributed by atoms with van der Waals surface area (Å²) in [5.41, 5.74) is 1.03. The molecular weight excluding hydrogens is 446 g/mol. The zero-order valence-electron chi connectivity index (χ0n) is 16.8. The van der Waals surface area contributed by atoms with Crippen LogP contribution in [0.4, 0.5) is 0 Å². The number of nitrogens with one attached hydrogen (secondary N) is 1. The van der Waals surface area contributed by atoms with E-state index in [0.29, 0.717) is 22.6 Å². The molecule has 1 amide bonds. The van der Waals surface area contributed by atoms with E-state index in [1.54, 1.807) is 11.3 Å². The zero-order valence-corrected chi connectivity index (χ0v) is 18.5. The highest BCUT2D eigenvalue weighted by Crippen LogP contribution is 2.36. The van der Waals surface area contributed by atoms with Crippen molar-refractivity contribution >= 4 is 29.0 Å². The lowest BCUT2D eigenvalue weighted by Gasteiger charge is -2.23. The third kappa shape index (κ3) is 4.63. The molecule has 3 heterocycles. The lowest BCUT2D eigenvalue weighted by molar-refractivity contribution is -0.119. The van der Waals surface area contributed by atoms with Crippen molar-refractivity contribution in [3.63, 3.8) is 0 Å². The minimum atomic E-state index is -0.484. The predicted octanol–water partition coefficient (Wildman–Crippen LogP) is 4.64. The first-order chi connectivity index (χ1) is 15.8. The molecule has 162 valence electrons. The van der Waals surface area contributed by atoms with E-state index in [2.05, 4.69) is 15.5 Å². The molecule has 0 unspecified atom stereocenters. The summed E-state index contributed by atoms with van der Waals surface area (Å²) in [4.78, 5) is 13.8. The van der Waals surface area contributed by atoms with Gasteiger partial charge >= 0.3 is 0 Å². The maximum absolute atomic E-state index is 12.7. The Morgan fingerprint density at radius 3 is 2.69 bits per heavy atom. The van der Waals surface area contributed by atoms with Crippen molar-refractivity contribution in [3.05, 3.63) is 88.4 Å². The molecule has 2 atom stereocenters. The molecule has 1 aliphatic heterocycles. The number of ether oxygens (including phenoxy) is 2. The number of hydrogen-bond acceptors (Lipinski definition) is 8. The molecule has 9 heteroatoms. The van der Waals surface area contributed by atoms with Gasteiger partial charge in [0.15, 0.2) is 11.5 Å². The summed E-state index contributed by atoms with van der Waals surface area (Å²) < 4.78 is 17.3. The van der Waals surface area contributed by atoms with Gasteiger partial charge in [-0.1, -0.05) is 60.3 Å². The zero-order chi connectivity index (χ0) is 21.8. The van der Waals surface area contributed by atoms with Crippen molar-refractivity contribution in [2.45, 2.75) is 17.4 Å². The van der Waals surface area contributed by atoms with E-state index >= 15 is 0 Å². The van der Waals surface area contributed by atoms with E-state index in [0.717, 1.165) is 10.4 Å². The summed E-state index contributed by atoms with van der Waals surface area (Å²) in [6.45, 7) is 0.281. The average molecular weight is 466 g/mol. The number of hydrogen-bond donors (Lipinski definition) is 1. The number of fused-ring (bicyclic) bond motifs is 1. The lowest BCUT2D eigenvalue weighted by Crippen LogP contribution is -2.30. The van der Waals surface area contributed by atoms with Crippen LogP contribution in [0.1, 0.15) is 28.5 Å². The van der Waals surface area contributed by atoms with Crippen LogP contribution in [0.3, 0.4) is 0 Å². The van der Waals surface area contributed by atoms with Crippen molar-refractivity contribution in [2.24, 2.45) is 0 Å². The van der Waals surface area contributed by atoms with E-state index < -0.39 is 6.10 Å². The molecular formula is C23H19N3O4S2. The Kier molecular flexibility index (Phi) is 6.09. The Balaban J connectivity index is 1.20. The van der Waals surface area contributed by atoms with Crippen molar-refractivity contribution < 1.29 is 18.7 Å². The minimum Gasteiger partial charge on any atom is -0.485 e. The normalized spacial score (nSPS) is 15.8. The Morgan fingerprint density at radius 2 is 1.88 bits per heavy atom. The fraction of sp³-hybridized carbons (Fsp3) is 0.174. The van der Waals surface area contributed by atoms with Gasteiger partial charge in [-0.3, -0.25) is 4.79 Å². The molecule has 0 fully saturated rings. The molecule has 32 heavy (non-hydrogen) atoms. The SMILES string of the molecule is O=C(CSc1nnc([C@@H]2COc3ccccc3O2)o1)N[C@@H](c1ccccc1)c1cccs1. The predicted molar refractivity (Wildman–Crippen MR) is 121 cm³/mol. The highest BCUT2D eigenvalue weighted by atomic mass is 32.2. The topological polar surface area (TPSA) is 86.5 Å². The van der Waals surface area contributed by atoms with Gasteiger partial charge in [-0.15, -0.1) is 21.5 Å². The van der Waals surface area contributed by atoms with Gasteiger partial charge in [0.05, 0.1) is 11.8 Å². The van der Waals surface area contributed by atoms with E-state index in [1.807, 2.05) is 72.1 Å². The van der Waals surface area contributed by atoms with Gasteiger partial charge in [0.1, 0.15) is 6.61 Å². The van der Waals surface area contributed by atoms with Crippen molar-refractivity contribution in [1.29, 1.82) is 0 Å². The molecule has 0 aliphatic carbocycles. The van der Waals surface area contributed by atoms with E-state index in [1.165, 1.54) is 11.8 Å². The standard InChI is InChI=1S/C23H19N3O4S2/c27-20(24-21(19-11-6-12-31-19)15-7-2-1-3-8-15)14-32-23-26-25-22(30-23)18-13-28-16-9-4-5-10-17(16)29-18/h1-12,18,21H,13-14H2,(H,24,27)/t18-,21-/m0/s1. The van der Waals surface area contributed by atoms with Crippen LogP contribution in [0, 0.1) is 0 Å². The van der Waals surface area contributed by atoms with Crippen molar-refractivity contribution in [2.75, 3.05) is 12.4 Å². The molecule has 0 saturated carbocycles. The molecule has 4 aromatic rings. The van der Waals surface area contributed by atoms with Crippen LogP contribution < -0.4 is 14.8 Å². The highest BCUT2D eigenvalue weighted by Gasteiger charge is 2.27. The number of thioether (sulfide) groups is 1. The number of rotatable bonds is 7.